The fourth-order valence-corrected chi connectivity index (χ4v) is 2.21. The zero-order valence-electron chi connectivity index (χ0n) is 13.3. The Labute approximate surface area is 152 Å². The second kappa shape index (κ2) is 8.53. The fraction of sp³-hybridized carbons (Fsp3) is 0.167. The summed E-state index contributed by atoms with van der Waals surface area (Å²) in [6.45, 7) is 0.923. The van der Waals surface area contributed by atoms with Gasteiger partial charge in [-0.1, -0.05) is 28.1 Å². The lowest BCUT2D eigenvalue weighted by Crippen LogP contribution is -2.40. The minimum absolute atomic E-state index is 0.111. The molecule has 0 heterocycles. The highest BCUT2D eigenvalue weighted by atomic mass is 79.9. The van der Waals surface area contributed by atoms with Crippen LogP contribution in [0.25, 0.3) is 0 Å². The van der Waals surface area contributed by atoms with Crippen molar-refractivity contribution >= 4 is 33.6 Å². The molecule has 0 unspecified atom stereocenters. The van der Waals surface area contributed by atoms with Gasteiger partial charge in [0.1, 0.15) is 11.9 Å². The van der Waals surface area contributed by atoms with Crippen LogP contribution in [0.2, 0.25) is 0 Å². The molecule has 5 nitrogen and oxygen atoms in total. The molecular weight excluding hydrogens is 393 g/mol. The molecule has 0 saturated carbocycles. The Morgan fingerprint density at radius 2 is 1.80 bits per heavy atom. The Balaban J connectivity index is 1.86. The third kappa shape index (κ3) is 5.49. The van der Waals surface area contributed by atoms with E-state index in [1.165, 1.54) is 25.1 Å². The SMILES string of the molecule is C[C@H](NC(=O)c1ccc(Br)cc1)C(=O)OCC(=O)c1cccc(F)c1. The first kappa shape index (κ1) is 18.8. The van der Waals surface area contributed by atoms with Crippen molar-refractivity contribution in [3.8, 4) is 0 Å². The lowest BCUT2D eigenvalue weighted by atomic mass is 10.1. The number of carbonyl (C=O) groups is 3. The van der Waals surface area contributed by atoms with E-state index < -0.39 is 36.1 Å². The van der Waals surface area contributed by atoms with E-state index in [4.69, 9.17) is 4.74 Å². The average Bonchev–Trinajstić information content (AvgIpc) is 2.59. The number of amides is 1. The maximum Gasteiger partial charge on any atom is 0.328 e. The summed E-state index contributed by atoms with van der Waals surface area (Å²) in [5, 5.41) is 2.49. The van der Waals surface area contributed by atoms with E-state index in [1.54, 1.807) is 24.3 Å². The van der Waals surface area contributed by atoms with E-state index in [-0.39, 0.29) is 5.56 Å². The Kier molecular flexibility index (Phi) is 6.41. The molecule has 0 aromatic heterocycles. The van der Waals surface area contributed by atoms with Crippen molar-refractivity contribution in [2.45, 2.75) is 13.0 Å². The van der Waals surface area contributed by atoms with Gasteiger partial charge in [0.05, 0.1) is 0 Å². The number of nitrogens with one attached hydrogen (secondary N) is 1. The van der Waals surface area contributed by atoms with E-state index in [2.05, 4.69) is 21.2 Å². The van der Waals surface area contributed by atoms with Crippen LogP contribution < -0.4 is 5.32 Å². The standard InChI is InChI=1S/C18H15BrFNO4/c1-11(21-17(23)12-5-7-14(19)8-6-12)18(24)25-10-16(22)13-3-2-4-15(20)9-13/h2-9,11H,10H2,1H3,(H,21,23)/t11-/m0/s1. The van der Waals surface area contributed by atoms with Gasteiger partial charge in [0.15, 0.2) is 12.4 Å². The summed E-state index contributed by atoms with van der Waals surface area (Å²) in [5.74, 6) is -2.27. The molecule has 25 heavy (non-hydrogen) atoms. The smallest absolute Gasteiger partial charge is 0.328 e. The lowest BCUT2D eigenvalue weighted by Gasteiger charge is -2.13. The summed E-state index contributed by atoms with van der Waals surface area (Å²) in [6.07, 6.45) is 0. The van der Waals surface area contributed by atoms with E-state index >= 15 is 0 Å². The number of ketones is 1. The van der Waals surface area contributed by atoms with E-state index in [0.29, 0.717) is 5.56 Å². The van der Waals surface area contributed by atoms with Crippen molar-refractivity contribution in [3.63, 3.8) is 0 Å². The number of Topliss-reactive ketones (excluding diaryl/α,β-unsaturated/α-hetero) is 1. The van der Waals surface area contributed by atoms with Gasteiger partial charge in [-0.25, -0.2) is 9.18 Å². The summed E-state index contributed by atoms with van der Waals surface area (Å²) in [5.41, 5.74) is 0.498. The Bertz CT molecular complexity index is 792. The van der Waals surface area contributed by atoms with Gasteiger partial charge in [-0.2, -0.15) is 0 Å². The van der Waals surface area contributed by atoms with Crippen molar-refractivity contribution in [2.75, 3.05) is 6.61 Å². The molecule has 0 fully saturated rings. The van der Waals surface area contributed by atoms with E-state index in [9.17, 15) is 18.8 Å². The molecule has 0 spiro atoms. The van der Waals surface area contributed by atoms with Crippen LogP contribution in [0.15, 0.2) is 53.0 Å². The summed E-state index contributed by atoms with van der Waals surface area (Å²) in [4.78, 5) is 35.8. The van der Waals surface area contributed by atoms with Crippen molar-refractivity contribution in [1.82, 2.24) is 5.32 Å². The first-order valence-corrected chi connectivity index (χ1v) is 8.18. The minimum Gasteiger partial charge on any atom is -0.456 e. The van der Waals surface area contributed by atoms with Gasteiger partial charge in [0.25, 0.3) is 5.91 Å². The topological polar surface area (TPSA) is 72.5 Å². The summed E-state index contributed by atoms with van der Waals surface area (Å²) >= 11 is 3.27. The zero-order chi connectivity index (χ0) is 18.4. The van der Waals surface area contributed by atoms with Gasteiger partial charge in [-0.05, 0) is 43.3 Å². The number of esters is 1. The molecule has 0 aliphatic heterocycles. The molecule has 1 N–H and O–H groups in total. The number of hydrogen-bond donors (Lipinski definition) is 1. The molecule has 2 rings (SSSR count). The second-order valence-electron chi connectivity index (χ2n) is 5.24. The molecule has 1 atom stereocenters. The highest BCUT2D eigenvalue weighted by molar-refractivity contribution is 9.10. The predicted octanol–water partition coefficient (Wildman–Crippen LogP) is 3.13. The van der Waals surface area contributed by atoms with E-state index in [0.717, 1.165) is 10.5 Å². The third-order valence-corrected chi connectivity index (χ3v) is 3.83. The summed E-state index contributed by atoms with van der Waals surface area (Å²) in [7, 11) is 0. The number of rotatable bonds is 6. The van der Waals surface area contributed by atoms with Gasteiger partial charge < -0.3 is 10.1 Å². The first-order chi connectivity index (χ1) is 11.9. The molecular formula is C18H15BrFNO4. The largest absolute Gasteiger partial charge is 0.456 e. The Morgan fingerprint density at radius 1 is 1.12 bits per heavy atom. The molecule has 0 radical (unpaired) electrons. The molecule has 0 saturated heterocycles. The van der Waals surface area contributed by atoms with Gasteiger partial charge in [-0.3, -0.25) is 9.59 Å². The molecule has 0 bridgehead atoms. The number of halogens is 2. The molecule has 0 aliphatic carbocycles. The van der Waals surface area contributed by atoms with Crippen molar-refractivity contribution in [2.24, 2.45) is 0 Å². The van der Waals surface area contributed by atoms with Crippen LogP contribution >= 0.6 is 15.9 Å². The van der Waals surface area contributed by atoms with Gasteiger partial charge in [-0.15, -0.1) is 0 Å². The first-order valence-electron chi connectivity index (χ1n) is 7.38. The second-order valence-corrected chi connectivity index (χ2v) is 6.16. The van der Waals surface area contributed by atoms with E-state index in [1.807, 2.05) is 0 Å². The number of benzene rings is 2. The highest BCUT2D eigenvalue weighted by Crippen LogP contribution is 2.10. The highest BCUT2D eigenvalue weighted by Gasteiger charge is 2.19. The maximum atomic E-state index is 13.1. The van der Waals surface area contributed by atoms with Crippen molar-refractivity contribution in [3.05, 3.63) is 69.9 Å². The van der Waals surface area contributed by atoms with Crippen LogP contribution in [0.1, 0.15) is 27.6 Å². The number of hydrogen-bond acceptors (Lipinski definition) is 4. The van der Waals surface area contributed by atoms with Gasteiger partial charge >= 0.3 is 5.97 Å². The van der Waals surface area contributed by atoms with Crippen LogP contribution in [0.3, 0.4) is 0 Å². The van der Waals surface area contributed by atoms with Crippen LogP contribution in [0, 0.1) is 5.82 Å². The maximum absolute atomic E-state index is 13.1. The fourth-order valence-electron chi connectivity index (χ4n) is 1.95. The minimum atomic E-state index is -0.934. The third-order valence-electron chi connectivity index (χ3n) is 3.30. The molecule has 1 amide bonds. The Morgan fingerprint density at radius 3 is 2.44 bits per heavy atom. The Hall–Kier alpha value is -2.54. The predicted molar refractivity (Wildman–Crippen MR) is 92.8 cm³/mol. The van der Waals surface area contributed by atoms with Gasteiger partial charge in [0.2, 0.25) is 0 Å². The number of carbonyl (C=O) groups excluding carboxylic acids is 3. The molecule has 7 heteroatoms. The normalized spacial score (nSPS) is 11.5. The van der Waals surface area contributed by atoms with Crippen LogP contribution in [-0.2, 0) is 9.53 Å². The molecule has 2 aromatic carbocycles. The number of ether oxygens (including phenoxy) is 1. The molecule has 2 aromatic rings. The van der Waals surface area contributed by atoms with Crippen LogP contribution in [0.5, 0.6) is 0 Å². The molecule has 130 valence electrons. The summed E-state index contributed by atoms with van der Waals surface area (Å²) in [6, 6.07) is 10.8. The van der Waals surface area contributed by atoms with Crippen molar-refractivity contribution < 1.29 is 23.5 Å². The van der Waals surface area contributed by atoms with Gasteiger partial charge in [0, 0.05) is 15.6 Å². The summed E-state index contributed by atoms with van der Waals surface area (Å²) < 4.78 is 18.8. The van der Waals surface area contributed by atoms with Crippen LogP contribution in [-0.4, -0.2) is 30.3 Å². The van der Waals surface area contributed by atoms with Crippen LogP contribution in [0.4, 0.5) is 4.39 Å². The lowest BCUT2D eigenvalue weighted by molar-refractivity contribution is -0.144. The average molecular weight is 408 g/mol. The van der Waals surface area contributed by atoms with Crippen molar-refractivity contribution in [1.29, 1.82) is 0 Å². The quantitative estimate of drug-likeness (QED) is 0.589. The molecule has 0 aliphatic rings. The monoisotopic (exact) mass is 407 g/mol. The zero-order valence-corrected chi connectivity index (χ0v) is 14.9.